The first-order valence-electron chi connectivity index (χ1n) is 6.59. The van der Waals surface area contributed by atoms with Gasteiger partial charge in [-0.2, -0.15) is 0 Å². The molecule has 0 aromatic carbocycles. The Bertz CT molecular complexity index is 554. The zero-order valence-corrected chi connectivity index (χ0v) is 11.8. The van der Waals surface area contributed by atoms with Gasteiger partial charge in [0.05, 0.1) is 10.5 Å². The van der Waals surface area contributed by atoms with Gasteiger partial charge in [-0.3, -0.25) is 25.8 Å². The monoisotopic (exact) mass is 294 g/mol. The molecule has 1 fully saturated rings. The van der Waals surface area contributed by atoms with Crippen molar-refractivity contribution in [3.8, 4) is 0 Å². The van der Waals surface area contributed by atoms with Crippen molar-refractivity contribution in [2.75, 3.05) is 11.9 Å². The zero-order valence-electron chi connectivity index (χ0n) is 11.8. The van der Waals surface area contributed by atoms with Gasteiger partial charge < -0.3 is 11.1 Å². The van der Waals surface area contributed by atoms with Crippen molar-refractivity contribution in [2.24, 2.45) is 11.7 Å². The van der Waals surface area contributed by atoms with E-state index in [0.717, 1.165) is 12.3 Å². The molecule has 0 saturated carbocycles. The Morgan fingerprint density at radius 1 is 1.48 bits per heavy atom. The molecule has 2 atom stereocenters. The molecule has 0 aliphatic carbocycles. The van der Waals surface area contributed by atoms with E-state index in [1.807, 2.05) is 13.8 Å². The molecule has 9 heteroatoms. The van der Waals surface area contributed by atoms with Gasteiger partial charge in [-0.15, -0.1) is 0 Å². The number of hydrogen-bond donors (Lipinski definition) is 4. The summed E-state index contributed by atoms with van der Waals surface area (Å²) in [5.41, 5.74) is 11.3. The van der Waals surface area contributed by atoms with Crippen molar-refractivity contribution in [2.45, 2.75) is 25.9 Å². The number of nitro groups is 1. The highest BCUT2D eigenvalue weighted by molar-refractivity contribution is 5.98. The van der Waals surface area contributed by atoms with Crippen LogP contribution in [-0.2, 0) is 0 Å². The lowest BCUT2D eigenvalue weighted by Gasteiger charge is -2.19. The quantitative estimate of drug-likeness (QED) is 0.443. The van der Waals surface area contributed by atoms with E-state index in [-0.39, 0.29) is 35.1 Å². The molecule has 1 saturated heterocycles. The summed E-state index contributed by atoms with van der Waals surface area (Å²) >= 11 is 0. The van der Waals surface area contributed by atoms with Gasteiger partial charge in [-0.05, 0) is 13.8 Å². The maximum Gasteiger partial charge on any atom is 0.288 e. The highest BCUT2D eigenvalue weighted by Gasteiger charge is 2.29. The fraction of sp³-hybridized carbons (Fsp3) is 0.500. The van der Waals surface area contributed by atoms with Crippen LogP contribution in [0.4, 0.5) is 11.5 Å². The Balaban J connectivity index is 2.16. The van der Waals surface area contributed by atoms with Crippen LogP contribution in [0.1, 0.15) is 24.2 Å². The van der Waals surface area contributed by atoms with E-state index in [1.54, 1.807) is 0 Å². The zero-order chi connectivity index (χ0) is 15.6. The van der Waals surface area contributed by atoms with Gasteiger partial charge in [0.15, 0.2) is 0 Å². The Labute approximate surface area is 121 Å². The van der Waals surface area contributed by atoms with Crippen LogP contribution < -0.4 is 21.9 Å². The number of nitrogens with two attached hydrogens (primary N) is 1. The van der Waals surface area contributed by atoms with Crippen LogP contribution in [-0.4, -0.2) is 34.4 Å². The number of aromatic nitrogens is 1. The van der Waals surface area contributed by atoms with Gasteiger partial charge in [0.2, 0.25) is 0 Å². The van der Waals surface area contributed by atoms with Gasteiger partial charge in [0, 0.05) is 30.6 Å². The SMILES string of the molecule is CC1NNC(C)C1CNc1ncc([N+](=O)[O-])cc1C(N)=O. The Kier molecular flexibility index (Phi) is 4.34. The normalized spacial score (nSPS) is 24.8. The van der Waals surface area contributed by atoms with E-state index in [9.17, 15) is 14.9 Å². The number of nitrogens with one attached hydrogen (secondary N) is 3. The van der Waals surface area contributed by atoms with Crippen molar-refractivity contribution in [3.05, 3.63) is 27.9 Å². The molecule has 0 bridgehead atoms. The third-order valence-electron chi connectivity index (χ3n) is 3.68. The second-order valence-electron chi connectivity index (χ2n) is 5.12. The average molecular weight is 294 g/mol. The molecular weight excluding hydrogens is 276 g/mol. The summed E-state index contributed by atoms with van der Waals surface area (Å²) in [6.45, 7) is 4.65. The van der Waals surface area contributed by atoms with E-state index < -0.39 is 10.8 Å². The number of carbonyl (C=O) groups excluding carboxylic acids is 1. The maximum absolute atomic E-state index is 11.4. The largest absolute Gasteiger partial charge is 0.369 e. The molecule has 5 N–H and O–H groups in total. The Morgan fingerprint density at radius 3 is 2.62 bits per heavy atom. The van der Waals surface area contributed by atoms with Gasteiger partial charge in [-0.25, -0.2) is 4.98 Å². The molecule has 0 spiro atoms. The fourth-order valence-electron chi connectivity index (χ4n) is 2.36. The van der Waals surface area contributed by atoms with Crippen molar-refractivity contribution >= 4 is 17.4 Å². The van der Waals surface area contributed by atoms with Crippen LogP contribution in [0.3, 0.4) is 0 Å². The molecule has 9 nitrogen and oxygen atoms in total. The molecular formula is C12H18N6O3. The standard InChI is InChI=1S/C12H18N6O3/c1-6-10(7(2)17-16-6)5-15-12-9(11(13)19)3-8(4-14-12)18(20)21/h3-4,6-7,10,16-17H,5H2,1-2H3,(H2,13,19)(H,14,15). The fourth-order valence-corrected chi connectivity index (χ4v) is 2.36. The van der Waals surface area contributed by atoms with Crippen LogP contribution in [0.15, 0.2) is 12.3 Å². The van der Waals surface area contributed by atoms with Crippen LogP contribution in [0, 0.1) is 16.0 Å². The Hall–Kier alpha value is -2.26. The minimum absolute atomic E-state index is 0.0171. The van der Waals surface area contributed by atoms with E-state index in [2.05, 4.69) is 21.2 Å². The van der Waals surface area contributed by atoms with Gasteiger partial charge in [-0.1, -0.05) is 0 Å². The molecule has 1 aromatic heterocycles. The second kappa shape index (κ2) is 6.02. The van der Waals surface area contributed by atoms with Gasteiger partial charge in [0.1, 0.15) is 12.0 Å². The maximum atomic E-state index is 11.4. The highest BCUT2D eigenvalue weighted by atomic mass is 16.6. The van der Waals surface area contributed by atoms with E-state index in [0.29, 0.717) is 6.54 Å². The molecule has 2 unspecified atom stereocenters. The number of rotatable bonds is 5. The third-order valence-corrected chi connectivity index (χ3v) is 3.68. The molecule has 2 heterocycles. The molecule has 114 valence electrons. The van der Waals surface area contributed by atoms with Crippen molar-refractivity contribution in [3.63, 3.8) is 0 Å². The number of primary amides is 1. The third kappa shape index (κ3) is 3.26. The van der Waals surface area contributed by atoms with Crippen LogP contribution in [0.2, 0.25) is 0 Å². The van der Waals surface area contributed by atoms with Crippen molar-refractivity contribution in [1.82, 2.24) is 15.8 Å². The van der Waals surface area contributed by atoms with Crippen LogP contribution in [0.5, 0.6) is 0 Å². The Morgan fingerprint density at radius 2 is 2.10 bits per heavy atom. The number of anilines is 1. The van der Waals surface area contributed by atoms with Gasteiger partial charge in [0.25, 0.3) is 11.6 Å². The van der Waals surface area contributed by atoms with Crippen molar-refractivity contribution < 1.29 is 9.72 Å². The number of hydrazine groups is 1. The van der Waals surface area contributed by atoms with Crippen molar-refractivity contribution in [1.29, 1.82) is 0 Å². The minimum Gasteiger partial charge on any atom is -0.369 e. The predicted molar refractivity (Wildman–Crippen MR) is 76.6 cm³/mol. The average Bonchev–Trinajstić information content (AvgIpc) is 2.75. The summed E-state index contributed by atoms with van der Waals surface area (Å²) in [4.78, 5) is 25.5. The molecule has 1 aliphatic rings. The van der Waals surface area contributed by atoms with E-state index >= 15 is 0 Å². The molecule has 2 rings (SSSR count). The first kappa shape index (κ1) is 15.1. The smallest absolute Gasteiger partial charge is 0.288 e. The second-order valence-corrected chi connectivity index (χ2v) is 5.12. The highest BCUT2D eigenvalue weighted by Crippen LogP contribution is 2.20. The lowest BCUT2D eigenvalue weighted by Crippen LogP contribution is -2.31. The van der Waals surface area contributed by atoms with E-state index in [1.165, 1.54) is 0 Å². The molecule has 0 radical (unpaired) electrons. The number of carbonyl (C=O) groups is 1. The summed E-state index contributed by atoms with van der Waals surface area (Å²) in [6.07, 6.45) is 1.10. The van der Waals surface area contributed by atoms with Crippen LogP contribution >= 0.6 is 0 Å². The lowest BCUT2D eigenvalue weighted by molar-refractivity contribution is -0.385. The first-order chi connectivity index (χ1) is 9.90. The van der Waals surface area contributed by atoms with Gasteiger partial charge >= 0.3 is 0 Å². The molecule has 1 aliphatic heterocycles. The first-order valence-corrected chi connectivity index (χ1v) is 6.59. The summed E-state index contributed by atoms with van der Waals surface area (Å²) in [5.74, 6) is -0.209. The lowest BCUT2D eigenvalue weighted by atomic mass is 9.97. The summed E-state index contributed by atoms with van der Waals surface area (Å²) in [7, 11) is 0. The summed E-state index contributed by atoms with van der Waals surface area (Å²) < 4.78 is 0. The molecule has 21 heavy (non-hydrogen) atoms. The molecule has 1 aromatic rings. The molecule has 1 amide bonds. The number of nitrogens with zero attached hydrogens (tertiary/aromatic N) is 2. The predicted octanol–water partition coefficient (Wildman–Crippen LogP) is 0.00160. The number of pyridine rings is 1. The summed E-state index contributed by atoms with van der Waals surface area (Å²) in [6, 6.07) is 1.64. The summed E-state index contributed by atoms with van der Waals surface area (Å²) in [5, 5.41) is 13.8. The number of amides is 1. The number of hydrogen-bond acceptors (Lipinski definition) is 7. The topological polar surface area (TPSA) is 135 Å². The van der Waals surface area contributed by atoms with Crippen LogP contribution in [0.25, 0.3) is 0 Å². The minimum atomic E-state index is -0.752. The van der Waals surface area contributed by atoms with E-state index in [4.69, 9.17) is 5.73 Å².